The first-order valence-corrected chi connectivity index (χ1v) is 5.57. The van der Waals surface area contributed by atoms with E-state index in [1.54, 1.807) is 24.4 Å². The van der Waals surface area contributed by atoms with Gasteiger partial charge in [0.2, 0.25) is 0 Å². The summed E-state index contributed by atoms with van der Waals surface area (Å²) in [4.78, 5) is 15.4. The predicted octanol–water partition coefficient (Wildman–Crippen LogP) is 2.73. The Morgan fingerprint density at radius 1 is 1.56 bits per heavy atom. The molecule has 2 rings (SSSR count). The number of hydrogen-bond donors (Lipinski definition) is 1. The van der Waals surface area contributed by atoms with Gasteiger partial charge in [0.1, 0.15) is 5.76 Å². The van der Waals surface area contributed by atoms with Crippen LogP contribution in [0.3, 0.4) is 0 Å². The summed E-state index contributed by atoms with van der Waals surface area (Å²) < 4.78 is 9.79. The third kappa shape index (κ3) is 2.81. The van der Waals surface area contributed by atoms with Crippen molar-refractivity contribution in [2.45, 2.75) is 6.54 Å². The summed E-state index contributed by atoms with van der Waals surface area (Å²) in [6, 6.07) is 4.96. The van der Waals surface area contributed by atoms with Gasteiger partial charge < -0.3 is 14.5 Å². The number of nitrogens with one attached hydrogen (secondary N) is 1. The van der Waals surface area contributed by atoms with Crippen LogP contribution in [-0.4, -0.2) is 18.1 Å². The van der Waals surface area contributed by atoms with Crippen LogP contribution in [0.5, 0.6) is 0 Å². The normalized spacial score (nSPS) is 10.1. The number of rotatable bonds is 4. The van der Waals surface area contributed by atoms with Gasteiger partial charge in [-0.1, -0.05) is 11.6 Å². The number of ether oxygens (including phenoxy) is 1. The second-order valence-corrected chi connectivity index (χ2v) is 3.94. The van der Waals surface area contributed by atoms with Crippen molar-refractivity contribution in [1.29, 1.82) is 0 Å². The van der Waals surface area contributed by atoms with E-state index in [0.29, 0.717) is 28.6 Å². The number of esters is 1. The van der Waals surface area contributed by atoms with E-state index in [1.807, 2.05) is 0 Å². The molecule has 5 nitrogen and oxygen atoms in total. The van der Waals surface area contributed by atoms with Crippen LogP contribution >= 0.6 is 11.6 Å². The Bertz CT molecular complexity index is 540. The number of oxazole rings is 1. The Kier molecular flexibility index (Phi) is 3.84. The minimum absolute atomic E-state index is 0.379. The van der Waals surface area contributed by atoms with Gasteiger partial charge in [-0.05, 0) is 18.2 Å². The lowest BCUT2D eigenvalue weighted by atomic mass is 10.2. The van der Waals surface area contributed by atoms with E-state index >= 15 is 0 Å². The molecule has 0 unspecified atom stereocenters. The monoisotopic (exact) mass is 266 g/mol. The van der Waals surface area contributed by atoms with Gasteiger partial charge in [-0.25, -0.2) is 9.78 Å². The first kappa shape index (κ1) is 12.4. The van der Waals surface area contributed by atoms with Gasteiger partial charge in [0.25, 0.3) is 0 Å². The zero-order valence-electron chi connectivity index (χ0n) is 9.64. The van der Waals surface area contributed by atoms with E-state index < -0.39 is 5.97 Å². The Hall–Kier alpha value is -2.01. The number of carbonyl (C=O) groups excluding carboxylic acids is 1. The van der Waals surface area contributed by atoms with Crippen LogP contribution in [0.1, 0.15) is 16.1 Å². The van der Waals surface area contributed by atoms with Crippen LogP contribution in [0.4, 0.5) is 5.69 Å². The predicted molar refractivity (Wildman–Crippen MR) is 66.6 cm³/mol. The van der Waals surface area contributed by atoms with Crippen molar-refractivity contribution < 1.29 is 13.9 Å². The quantitative estimate of drug-likeness (QED) is 0.862. The van der Waals surface area contributed by atoms with Crippen molar-refractivity contribution in [3.8, 4) is 0 Å². The summed E-state index contributed by atoms with van der Waals surface area (Å²) >= 11 is 5.85. The molecule has 0 atom stereocenters. The second-order valence-electron chi connectivity index (χ2n) is 3.50. The van der Waals surface area contributed by atoms with Crippen molar-refractivity contribution in [2.75, 3.05) is 12.4 Å². The number of anilines is 1. The van der Waals surface area contributed by atoms with Crippen LogP contribution in [0.15, 0.2) is 35.2 Å². The van der Waals surface area contributed by atoms with Gasteiger partial charge in [-0.2, -0.15) is 0 Å². The van der Waals surface area contributed by atoms with E-state index in [-0.39, 0.29) is 0 Å². The molecule has 6 heteroatoms. The second kappa shape index (κ2) is 5.55. The molecule has 2 aromatic rings. The molecule has 1 heterocycles. The van der Waals surface area contributed by atoms with Crippen molar-refractivity contribution in [3.05, 3.63) is 47.1 Å². The zero-order chi connectivity index (χ0) is 13.0. The topological polar surface area (TPSA) is 64.4 Å². The molecular formula is C12H11ClN2O3. The summed E-state index contributed by atoms with van der Waals surface area (Å²) in [6.07, 6.45) is 2.95. The van der Waals surface area contributed by atoms with Crippen molar-refractivity contribution in [2.24, 2.45) is 0 Å². The lowest BCUT2D eigenvalue weighted by Crippen LogP contribution is -2.08. The van der Waals surface area contributed by atoms with Gasteiger partial charge in [0.15, 0.2) is 6.39 Å². The highest BCUT2D eigenvalue weighted by Gasteiger charge is 2.12. The molecule has 0 bridgehead atoms. The number of nitrogens with zero attached hydrogens (tertiary/aromatic N) is 1. The van der Waals surface area contributed by atoms with E-state index in [1.165, 1.54) is 13.5 Å². The largest absolute Gasteiger partial charge is 0.465 e. The van der Waals surface area contributed by atoms with E-state index in [2.05, 4.69) is 10.3 Å². The molecule has 0 spiro atoms. The third-order valence-electron chi connectivity index (χ3n) is 2.32. The molecule has 0 aliphatic heterocycles. The molecule has 0 saturated heterocycles. The third-order valence-corrected chi connectivity index (χ3v) is 2.56. The average Bonchev–Trinajstić information content (AvgIpc) is 2.89. The number of carbonyl (C=O) groups is 1. The molecule has 0 fully saturated rings. The number of hydrogen-bond acceptors (Lipinski definition) is 5. The molecule has 1 N–H and O–H groups in total. The summed E-state index contributed by atoms with van der Waals surface area (Å²) in [7, 11) is 1.32. The highest BCUT2D eigenvalue weighted by molar-refractivity contribution is 6.31. The fourth-order valence-corrected chi connectivity index (χ4v) is 1.63. The van der Waals surface area contributed by atoms with E-state index in [4.69, 9.17) is 20.8 Å². The molecule has 0 radical (unpaired) electrons. The molecule has 1 aromatic heterocycles. The van der Waals surface area contributed by atoms with Gasteiger partial charge in [-0.15, -0.1) is 0 Å². The summed E-state index contributed by atoms with van der Waals surface area (Å²) in [5, 5.41) is 3.54. The average molecular weight is 267 g/mol. The first-order valence-electron chi connectivity index (χ1n) is 5.20. The Morgan fingerprint density at radius 3 is 3.06 bits per heavy atom. The molecule has 0 aliphatic rings. The van der Waals surface area contributed by atoms with Gasteiger partial charge >= 0.3 is 5.97 Å². The Balaban J connectivity index is 2.18. The zero-order valence-corrected chi connectivity index (χ0v) is 10.4. The number of halogens is 1. The maximum atomic E-state index is 11.6. The Morgan fingerprint density at radius 2 is 2.39 bits per heavy atom. The lowest BCUT2D eigenvalue weighted by molar-refractivity contribution is 0.0602. The van der Waals surface area contributed by atoms with Crippen LogP contribution < -0.4 is 5.32 Å². The molecule has 18 heavy (non-hydrogen) atoms. The van der Waals surface area contributed by atoms with Gasteiger partial charge in [0, 0.05) is 10.7 Å². The smallest absolute Gasteiger partial charge is 0.340 e. The molecule has 0 saturated carbocycles. The van der Waals surface area contributed by atoms with Crippen molar-refractivity contribution in [1.82, 2.24) is 4.98 Å². The fraction of sp³-hybridized carbons (Fsp3) is 0.167. The maximum absolute atomic E-state index is 11.6. The molecule has 94 valence electrons. The minimum atomic E-state index is -0.447. The van der Waals surface area contributed by atoms with Crippen molar-refractivity contribution >= 4 is 23.3 Å². The minimum Gasteiger partial charge on any atom is -0.465 e. The Labute approximate surface area is 109 Å². The molecule has 0 amide bonds. The molecular weight excluding hydrogens is 256 g/mol. The summed E-state index contributed by atoms with van der Waals surface area (Å²) in [5.41, 5.74) is 1.01. The molecule has 0 aliphatic carbocycles. The maximum Gasteiger partial charge on any atom is 0.340 e. The van der Waals surface area contributed by atoms with Crippen molar-refractivity contribution in [3.63, 3.8) is 0 Å². The highest BCUT2D eigenvalue weighted by Crippen LogP contribution is 2.22. The summed E-state index contributed by atoms with van der Waals surface area (Å²) in [5.74, 6) is 0.221. The molecule has 1 aromatic carbocycles. The van der Waals surface area contributed by atoms with Crippen LogP contribution in [0, 0.1) is 0 Å². The van der Waals surface area contributed by atoms with Crippen LogP contribution in [-0.2, 0) is 11.3 Å². The SMILES string of the molecule is COC(=O)c1cc(Cl)ccc1NCc1cnco1. The van der Waals surface area contributed by atoms with Crippen LogP contribution in [0.25, 0.3) is 0 Å². The van der Waals surface area contributed by atoms with Gasteiger partial charge in [-0.3, -0.25) is 0 Å². The van der Waals surface area contributed by atoms with Crippen LogP contribution in [0.2, 0.25) is 5.02 Å². The van der Waals surface area contributed by atoms with E-state index in [9.17, 15) is 4.79 Å². The lowest BCUT2D eigenvalue weighted by Gasteiger charge is -2.09. The number of aromatic nitrogens is 1. The van der Waals surface area contributed by atoms with Gasteiger partial charge in [0.05, 0.1) is 25.4 Å². The number of benzene rings is 1. The fourth-order valence-electron chi connectivity index (χ4n) is 1.46. The summed E-state index contributed by atoms with van der Waals surface area (Å²) in [6.45, 7) is 0.422. The highest BCUT2D eigenvalue weighted by atomic mass is 35.5. The first-order chi connectivity index (χ1) is 8.70. The van der Waals surface area contributed by atoms with E-state index in [0.717, 1.165) is 0 Å². The standard InChI is InChI=1S/C12H11ClN2O3/c1-17-12(16)10-4-8(13)2-3-11(10)15-6-9-5-14-7-18-9/h2-5,7,15H,6H2,1H3. The number of methoxy groups -OCH3 is 1.